The van der Waals surface area contributed by atoms with Gasteiger partial charge in [-0.15, -0.1) is 0 Å². The van der Waals surface area contributed by atoms with Crippen molar-refractivity contribution in [1.82, 2.24) is 4.90 Å². The molecule has 2 atom stereocenters. The number of carbonyl (C=O) groups excluding carboxylic acids is 1. The maximum Gasteiger partial charge on any atom is 0.259 e. The van der Waals surface area contributed by atoms with Gasteiger partial charge >= 0.3 is 0 Å². The van der Waals surface area contributed by atoms with E-state index < -0.39 is 35.3 Å². The van der Waals surface area contributed by atoms with E-state index in [2.05, 4.69) is 0 Å². The number of piperidine rings is 1. The summed E-state index contributed by atoms with van der Waals surface area (Å²) >= 11 is 5.81. The normalized spacial score (nSPS) is 20.4. The maximum atomic E-state index is 13.8. The third-order valence-electron chi connectivity index (χ3n) is 4.09. The molecule has 1 heterocycles. The number of ether oxygens (including phenoxy) is 1. The van der Waals surface area contributed by atoms with Crippen molar-refractivity contribution in [2.75, 3.05) is 13.1 Å². The van der Waals surface area contributed by atoms with Crippen LogP contribution in [0.3, 0.4) is 0 Å². The molecule has 7 heteroatoms. The zero-order valence-electron chi connectivity index (χ0n) is 13.2. The Morgan fingerprint density at radius 1 is 1.16 bits per heavy atom. The standard InChI is InChI=1S/C18H16ClF2NO3/c19-11-4-6-12(7-5-11)25-16-8-9-22(10-15(16)23)18(24)17-13(20)2-1-3-14(17)21/h1-7,15-16,23H,8-10H2/t15-,16-/m1/s1. The molecule has 1 N–H and O–H groups in total. The summed E-state index contributed by atoms with van der Waals surface area (Å²) in [6.45, 7) is 0.160. The van der Waals surface area contributed by atoms with E-state index in [1.165, 1.54) is 11.0 Å². The highest BCUT2D eigenvalue weighted by Crippen LogP contribution is 2.23. The van der Waals surface area contributed by atoms with Gasteiger partial charge in [-0.25, -0.2) is 8.78 Å². The van der Waals surface area contributed by atoms with Crippen LogP contribution in [0, 0.1) is 11.6 Å². The van der Waals surface area contributed by atoms with E-state index in [0.717, 1.165) is 12.1 Å². The highest BCUT2D eigenvalue weighted by molar-refractivity contribution is 6.30. The van der Waals surface area contributed by atoms with Gasteiger partial charge in [0.1, 0.15) is 35.2 Å². The van der Waals surface area contributed by atoms with Crippen molar-refractivity contribution in [1.29, 1.82) is 0 Å². The predicted octanol–water partition coefficient (Wildman–Crippen LogP) is 3.27. The highest BCUT2D eigenvalue weighted by Gasteiger charge is 2.33. The summed E-state index contributed by atoms with van der Waals surface area (Å²) < 4.78 is 33.2. The predicted molar refractivity (Wildman–Crippen MR) is 88.8 cm³/mol. The van der Waals surface area contributed by atoms with Gasteiger partial charge in [0.15, 0.2) is 0 Å². The Hall–Kier alpha value is -2.18. The summed E-state index contributed by atoms with van der Waals surface area (Å²) in [5.41, 5.74) is -0.605. The minimum absolute atomic E-state index is 0.0646. The number of β-amino-alcohol motifs (C(OH)–C–C–N with tert-alkyl or cyclic N) is 1. The Labute approximate surface area is 148 Å². The van der Waals surface area contributed by atoms with Gasteiger partial charge in [-0.05, 0) is 36.4 Å². The van der Waals surface area contributed by atoms with Gasteiger partial charge in [0.2, 0.25) is 0 Å². The highest BCUT2D eigenvalue weighted by atomic mass is 35.5. The Morgan fingerprint density at radius 3 is 2.40 bits per heavy atom. The van der Waals surface area contributed by atoms with Gasteiger partial charge in [-0.1, -0.05) is 17.7 Å². The molecule has 25 heavy (non-hydrogen) atoms. The van der Waals surface area contributed by atoms with Crippen molar-refractivity contribution in [3.05, 3.63) is 64.7 Å². The monoisotopic (exact) mass is 367 g/mol. The van der Waals surface area contributed by atoms with E-state index in [-0.39, 0.29) is 13.1 Å². The molecule has 0 aliphatic carbocycles. The van der Waals surface area contributed by atoms with Crippen LogP contribution in [0.5, 0.6) is 5.75 Å². The van der Waals surface area contributed by atoms with Crippen molar-refractivity contribution in [2.45, 2.75) is 18.6 Å². The lowest BCUT2D eigenvalue weighted by atomic mass is 10.0. The summed E-state index contributed by atoms with van der Waals surface area (Å²) in [5.74, 6) is -2.06. The molecule has 3 rings (SSSR count). The number of nitrogens with zero attached hydrogens (tertiary/aromatic N) is 1. The molecule has 2 aromatic carbocycles. The lowest BCUT2D eigenvalue weighted by Crippen LogP contribution is -2.51. The number of hydrogen-bond donors (Lipinski definition) is 1. The molecule has 1 amide bonds. The topological polar surface area (TPSA) is 49.8 Å². The van der Waals surface area contributed by atoms with Crippen LogP contribution in [0.15, 0.2) is 42.5 Å². The molecular formula is C18H16ClF2NO3. The number of benzene rings is 2. The Balaban J connectivity index is 1.67. The molecule has 1 saturated heterocycles. The van der Waals surface area contributed by atoms with Gasteiger partial charge in [0.25, 0.3) is 5.91 Å². The van der Waals surface area contributed by atoms with E-state index in [4.69, 9.17) is 16.3 Å². The molecule has 0 radical (unpaired) electrons. The van der Waals surface area contributed by atoms with Crippen LogP contribution in [-0.2, 0) is 0 Å². The number of aliphatic hydroxyl groups excluding tert-OH is 1. The molecule has 1 aliphatic heterocycles. The fourth-order valence-corrected chi connectivity index (χ4v) is 2.91. The third-order valence-corrected chi connectivity index (χ3v) is 4.34. The summed E-state index contributed by atoms with van der Waals surface area (Å²) in [6, 6.07) is 9.96. The van der Waals surface area contributed by atoms with E-state index >= 15 is 0 Å². The van der Waals surface area contributed by atoms with E-state index in [9.17, 15) is 18.7 Å². The Kier molecular flexibility index (Phi) is 5.20. The van der Waals surface area contributed by atoms with Gasteiger partial charge in [-0.2, -0.15) is 0 Å². The second-order valence-electron chi connectivity index (χ2n) is 5.81. The van der Waals surface area contributed by atoms with E-state index in [1.807, 2.05) is 0 Å². The number of likely N-dealkylation sites (tertiary alicyclic amines) is 1. The lowest BCUT2D eigenvalue weighted by Gasteiger charge is -2.36. The van der Waals surface area contributed by atoms with Crippen LogP contribution >= 0.6 is 11.6 Å². The SMILES string of the molecule is O=C(c1c(F)cccc1F)N1CC[C@@H](Oc2ccc(Cl)cc2)[C@H](O)C1. The first-order valence-corrected chi connectivity index (χ1v) is 8.17. The van der Waals surface area contributed by atoms with Crippen molar-refractivity contribution in [3.63, 3.8) is 0 Å². The third kappa shape index (κ3) is 3.91. The van der Waals surface area contributed by atoms with Gasteiger partial charge in [0, 0.05) is 18.0 Å². The maximum absolute atomic E-state index is 13.8. The number of amides is 1. The van der Waals surface area contributed by atoms with Crippen molar-refractivity contribution < 1.29 is 23.4 Å². The van der Waals surface area contributed by atoms with E-state index in [0.29, 0.717) is 17.2 Å². The van der Waals surface area contributed by atoms with Crippen LogP contribution in [0.1, 0.15) is 16.8 Å². The van der Waals surface area contributed by atoms with Crippen molar-refractivity contribution in [2.24, 2.45) is 0 Å². The van der Waals surface area contributed by atoms with Gasteiger partial charge < -0.3 is 14.7 Å². The second-order valence-corrected chi connectivity index (χ2v) is 6.25. The van der Waals surface area contributed by atoms with Crippen molar-refractivity contribution >= 4 is 17.5 Å². The summed E-state index contributed by atoms with van der Waals surface area (Å²) in [5, 5.41) is 10.8. The molecule has 0 unspecified atom stereocenters. The molecule has 2 aromatic rings. The fraction of sp³-hybridized carbons (Fsp3) is 0.278. The van der Waals surface area contributed by atoms with Crippen LogP contribution < -0.4 is 4.74 Å². The van der Waals surface area contributed by atoms with E-state index in [1.54, 1.807) is 24.3 Å². The Morgan fingerprint density at radius 2 is 1.80 bits per heavy atom. The summed E-state index contributed by atoms with van der Waals surface area (Å²) in [7, 11) is 0. The fourth-order valence-electron chi connectivity index (χ4n) is 2.78. The second kappa shape index (κ2) is 7.37. The smallest absolute Gasteiger partial charge is 0.259 e. The summed E-state index contributed by atoms with van der Waals surface area (Å²) in [6.07, 6.45) is -1.15. The van der Waals surface area contributed by atoms with Crippen LogP contribution in [0.2, 0.25) is 5.02 Å². The molecule has 1 aliphatic rings. The Bertz CT molecular complexity index is 749. The zero-order chi connectivity index (χ0) is 18.0. The van der Waals surface area contributed by atoms with Crippen LogP contribution in [0.25, 0.3) is 0 Å². The molecule has 1 fully saturated rings. The first-order valence-electron chi connectivity index (χ1n) is 7.79. The molecule has 132 valence electrons. The minimum atomic E-state index is -0.969. The molecule has 4 nitrogen and oxygen atoms in total. The average Bonchev–Trinajstić information content (AvgIpc) is 2.58. The van der Waals surface area contributed by atoms with Gasteiger partial charge in [0.05, 0.1) is 6.54 Å². The zero-order valence-corrected chi connectivity index (χ0v) is 13.9. The number of aliphatic hydroxyl groups is 1. The molecule has 0 saturated carbocycles. The molecular weight excluding hydrogens is 352 g/mol. The average molecular weight is 368 g/mol. The number of hydrogen-bond acceptors (Lipinski definition) is 3. The number of carbonyl (C=O) groups is 1. The lowest BCUT2D eigenvalue weighted by molar-refractivity contribution is -0.0201. The molecule has 0 bridgehead atoms. The van der Waals surface area contributed by atoms with Crippen LogP contribution in [0.4, 0.5) is 8.78 Å². The van der Waals surface area contributed by atoms with Crippen molar-refractivity contribution in [3.8, 4) is 5.75 Å². The first-order chi connectivity index (χ1) is 12.0. The van der Waals surface area contributed by atoms with Crippen LogP contribution in [-0.4, -0.2) is 41.2 Å². The first kappa shape index (κ1) is 17.6. The van der Waals surface area contributed by atoms with Gasteiger partial charge in [-0.3, -0.25) is 4.79 Å². The largest absolute Gasteiger partial charge is 0.488 e. The number of halogens is 3. The minimum Gasteiger partial charge on any atom is -0.488 e. The number of rotatable bonds is 3. The quantitative estimate of drug-likeness (QED) is 0.905. The molecule has 0 spiro atoms. The molecule has 0 aromatic heterocycles. The summed E-state index contributed by atoms with van der Waals surface area (Å²) in [4.78, 5) is 13.6.